The molecule has 2 N–H and O–H groups in total. The van der Waals surface area contributed by atoms with Gasteiger partial charge >= 0.3 is 0 Å². The van der Waals surface area contributed by atoms with E-state index in [-0.39, 0.29) is 37.2 Å². The van der Waals surface area contributed by atoms with Crippen LogP contribution in [-0.2, 0) is 4.79 Å². The van der Waals surface area contributed by atoms with E-state index >= 15 is 0 Å². The fourth-order valence-corrected chi connectivity index (χ4v) is 4.86. The first kappa shape index (κ1) is 23.0. The highest BCUT2D eigenvalue weighted by Gasteiger charge is 2.38. The lowest BCUT2D eigenvalue weighted by atomic mass is 9.88. The van der Waals surface area contributed by atoms with Crippen molar-refractivity contribution in [2.75, 3.05) is 19.8 Å². The minimum absolute atomic E-state index is 0.0326. The van der Waals surface area contributed by atoms with Crippen LogP contribution in [0.3, 0.4) is 0 Å². The first-order valence-electron chi connectivity index (χ1n) is 11.9. The number of nitrogens with one attached hydrogen (secondary N) is 1. The molecule has 1 saturated heterocycles. The van der Waals surface area contributed by atoms with E-state index in [4.69, 9.17) is 14.6 Å². The van der Waals surface area contributed by atoms with Crippen molar-refractivity contribution in [3.63, 3.8) is 0 Å². The molecule has 9 nitrogen and oxygen atoms in total. The molecule has 1 aliphatic carbocycles. The second-order valence-electron chi connectivity index (χ2n) is 8.91. The Bertz CT molecular complexity index is 1300. The zero-order chi connectivity index (χ0) is 24.4. The first-order chi connectivity index (χ1) is 17.0. The SMILES string of the molecule is CC(=O)N1CCC[C@@H]1C1C=c2[nH]c(-c3cnc(C)cn3)cc2=CC1Oc1ccc(OCCO)nc1. The van der Waals surface area contributed by atoms with Crippen molar-refractivity contribution in [2.24, 2.45) is 5.92 Å². The third-order valence-corrected chi connectivity index (χ3v) is 6.49. The number of aromatic nitrogens is 4. The molecule has 9 heteroatoms. The van der Waals surface area contributed by atoms with E-state index in [2.05, 4.69) is 38.2 Å². The third kappa shape index (κ3) is 4.90. The molecule has 0 saturated carbocycles. The van der Waals surface area contributed by atoms with Crippen LogP contribution in [0.25, 0.3) is 23.5 Å². The lowest BCUT2D eigenvalue weighted by molar-refractivity contribution is -0.130. The van der Waals surface area contributed by atoms with E-state index in [1.165, 1.54) is 0 Å². The predicted octanol–water partition coefficient (Wildman–Crippen LogP) is 1.20. The smallest absolute Gasteiger partial charge is 0.219 e. The highest BCUT2D eigenvalue weighted by Crippen LogP contribution is 2.31. The van der Waals surface area contributed by atoms with Crippen LogP contribution in [0.2, 0.25) is 0 Å². The fraction of sp³-hybridized carbons (Fsp3) is 0.385. The summed E-state index contributed by atoms with van der Waals surface area (Å²) in [6.07, 6.45) is 11.0. The number of carbonyl (C=O) groups excluding carboxylic acids is 1. The number of pyridine rings is 1. The number of likely N-dealkylation sites (tertiary alicyclic amines) is 1. The number of aryl methyl sites for hydroxylation is 1. The number of amides is 1. The second-order valence-corrected chi connectivity index (χ2v) is 8.91. The monoisotopic (exact) mass is 475 g/mol. The van der Waals surface area contributed by atoms with Crippen molar-refractivity contribution >= 4 is 18.1 Å². The quantitative estimate of drug-likeness (QED) is 0.528. The minimum Gasteiger partial charge on any atom is -0.484 e. The normalized spacial score (nSPS) is 21.1. The maximum atomic E-state index is 12.3. The average Bonchev–Trinajstić information content (AvgIpc) is 3.51. The predicted molar refractivity (Wildman–Crippen MR) is 130 cm³/mol. The first-order valence-corrected chi connectivity index (χ1v) is 11.9. The van der Waals surface area contributed by atoms with Gasteiger partial charge in [-0.15, -0.1) is 0 Å². The van der Waals surface area contributed by atoms with Crippen LogP contribution < -0.4 is 20.0 Å². The van der Waals surface area contributed by atoms with Gasteiger partial charge in [-0.05, 0) is 43.2 Å². The van der Waals surface area contributed by atoms with E-state index in [0.717, 1.165) is 47.0 Å². The van der Waals surface area contributed by atoms with Gasteiger partial charge in [0.15, 0.2) is 0 Å². The summed E-state index contributed by atoms with van der Waals surface area (Å²) in [5.74, 6) is 1.09. The van der Waals surface area contributed by atoms with Crippen molar-refractivity contribution in [1.82, 2.24) is 24.8 Å². The summed E-state index contributed by atoms with van der Waals surface area (Å²) in [5, 5.41) is 10.9. The van der Waals surface area contributed by atoms with Crippen molar-refractivity contribution in [3.8, 4) is 23.0 Å². The molecule has 5 rings (SSSR count). The van der Waals surface area contributed by atoms with Crippen LogP contribution in [0.15, 0.2) is 36.8 Å². The molecule has 1 amide bonds. The number of H-pyrrole nitrogens is 1. The molecule has 0 bridgehead atoms. The lowest BCUT2D eigenvalue weighted by Crippen LogP contribution is -2.47. The van der Waals surface area contributed by atoms with Crippen molar-refractivity contribution < 1.29 is 19.4 Å². The van der Waals surface area contributed by atoms with Gasteiger partial charge in [0.1, 0.15) is 24.2 Å². The molecule has 2 unspecified atom stereocenters. The van der Waals surface area contributed by atoms with E-state index in [0.29, 0.717) is 11.6 Å². The Labute approximate surface area is 203 Å². The van der Waals surface area contributed by atoms with Crippen LogP contribution in [0.5, 0.6) is 11.6 Å². The number of hydrogen-bond donors (Lipinski definition) is 2. The Morgan fingerprint density at radius 2 is 2.09 bits per heavy atom. The number of aliphatic hydroxyl groups excluding tert-OH is 1. The topological polar surface area (TPSA) is 113 Å². The maximum absolute atomic E-state index is 12.3. The summed E-state index contributed by atoms with van der Waals surface area (Å²) in [5.41, 5.74) is 2.52. The highest BCUT2D eigenvalue weighted by atomic mass is 16.5. The van der Waals surface area contributed by atoms with Crippen LogP contribution in [0.4, 0.5) is 0 Å². The van der Waals surface area contributed by atoms with Crippen molar-refractivity contribution in [2.45, 2.75) is 38.8 Å². The molecule has 0 radical (unpaired) electrons. The number of hydrogen-bond acceptors (Lipinski definition) is 7. The number of aliphatic hydroxyl groups is 1. The largest absolute Gasteiger partial charge is 0.484 e. The van der Waals surface area contributed by atoms with Crippen LogP contribution in [0.1, 0.15) is 25.5 Å². The van der Waals surface area contributed by atoms with Crippen molar-refractivity contribution in [3.05, 3.63) is 53.1 Å². The standard InChI is InChI=1S/C26H29N5O4/c1-16-13-28-23(15-27-16)22-10-18-11-25(35-19-5-6-26(29-14-19)34-9-8-32)20(12-21(18)30-22)24-4-3-7-31(24)17(2)33/h5-6,10-15,20,24-25,30,32H,3-4,7-9H2,1-2H3/t20?,24-,25?/m1/s1. The zero-order valence-corrected chi connectivity index (χ0v) is 19.8. The van der Waals surface area contributed by atoms with Gasteiger partial charge in [-0.1, -0.05) is 6.08 Å². The van der Waals surface area contributed by atoms with Gasteiger partial charge in [0.05, 0.1) is 30.4 Å². The van der Waals surface area contributed by atoms with Crippen molar-refractivity contribution in [1.29, 1.82) is 0 Å². The third-order valence-electron chi connectivity index (χ3n) is 6.49. The molecule has 3 atom stereocenters. The summed E-state index contributed by atoms with van der Waals surface area (Å²) < 4.78 is 11.8. The van der Waals surface area contributed by atoms with E-state index < -0.39 is 0 Å². The fourth-order valence-electron chi connectivity index (χ4n) is 4.86. The molecular weight excluding hydrogens is 446 g/mol. The Kier molecular flexibility index (Phi) is 6.50. The summed E-state index contributed by atoms with van der Waals surface area (Å²) in [7, 11) is 0. The second kappa shape index (κ2) is 9.87. The minimum atomic E-state index is -0.286. The van der Waals surface area contributed by atoms with Crippen LogP contribution >= 0.6 is 0 Å². The summed E-state index contributed by atoms with van der Waals surface area (Å²) in [6, 6.07) is 5.63. The molecule has 35 heavy (non-hydrogen) atoms. The Balaban J connectivity index is 1.49. The summed E-state index contributed by atoms with van der Waals surface area (Å²) in [6.45, 7) is 4.42. The number of aromatic amines is 1. The van der Waals surface area contributed by atoms with Gasteiger partial charge in [-0.3, -0.25) is 14.8 Å². The van der Waals surface area contributed by atoms with Crippen LogP contribution in [0, 0.1) is 12.8 Å². The molecular formula is C26H29N5O4. The summed E-state index contributed by atoms with van der Waals surface area (Å²) >= 11 is 0. The number of ether oxygens (including phenoxy) is 2. The molecule has 3 aromatic heterocycles. The zero-order valence-electron chi connectivity index (χ0n) is 19.8. The van der Waals surface area contributed by atoms with Gasteiger partial charge in [0.2, 0.25) is 11.8 Å². The highest BCUT2D eigenvalue weighted by molar-refractivity contribution is 5.74. The molecule has 0 aromatic carbocycles. The molecule has 3 aromatic rings. The lowest BCUT2D eigenvalue weighted by Gasteiger charge is -2.34. The molecule has 1 aliphatic heterocycles. The van der Waals surface area contributed by atoms with Gasteiger partial charge < -0.3 is 24.5 Å². The Hall–Kier alpha value is -3.72. The van der Waals surface area contributed by atoms with E-state index in [1.54, 1.807) is 31.6 Å². The molecule has 0 spiro atoms. The molecule has 1 fully saturated rings. The number of nitrogens with zero attached hydrogens (tertiary/aromatic N) is 4. The maximum Gasteiger partial charge on any atom is 0.219 e. The van der Waals surface area contributed by atoms with Gasteiger partial charge in [-0.25, -0.2) is 4.98 Å². The van der Waals surface area contributed by atoms with E-state index in [1.807, 2.05) is 17.9 Å². The number of rotatable bonds is 7. The molecule has 4 heterocycles. The van der Waals surface area contributed by atoms with Gasteiger partial charge in [-0.2, -0.15) is 0 Å². The summed E-state index contributed by atoms with van der Waals surface area (Å²) in [4.78, 5) is 30.9. The van der Waals surface area contributed by atoms with Gasteiger partial charge in [0, 0.05) is 43.0 Å². The van der Waals surface area contributed by atoms with Crippen LogP contribution in [-0.4, -0.2) is 67.8 Å². The molecule has 182 valence electrons. The number of fused-ring (bicyclic) bond motifs is 1. The molecule has 2 aliphatic rings. The Morgan fingerprint density at radius 1 is 1.20 bits per heavy atom. The van der Waals surface area contributed by atoms with E-state index in [9.17, 15) is 4.79 Å². The Morgan fingerprint density at radius 3 is 2.80 bits per heavy atom. The van der Waals surface area contributed by atoms with Gasteiger partial charge in [0.25, 0.3) is 0 Å². The average molecular weight is 476 g/mol. The number of carbonyl (C=O) groups is 1.